The smallest absolute Gasteiger partial charge is 0.387 e. The summed E-state index contributed by atoms with van der Waals surface area (Å²) in [7, 11) is 3.08. The highest BCUT2D eigenvalue weighted by molar-refractivity contribution is 14.0. The van der Waals surface area contributed by atoms with Crippen LogP contribution in [0.1, 0.15) is 19.4 Å². The predicted octanol–water partition coefficient (Wildman–Crippen LogP) is 2.35. The average Bonchev–Trinajstić information content (AvgIpc) is 2.61. The molecular weight excluding hydrogens is 473 g/mol. The van der Waals surface area contributed by atoms with Crippen LogP contribution in [0.25, 0.3) is 0 Å². The maximum Gasteiger partial charge on any atom is 0.387 e. The van der Waals surface area contributed by atoms with Crippen molar-refractivity contribution in [3.8, 4) is 11.5 Å². The Kier molecular flexibility index (Phi) is 12.4. The van der Waals surface area contributed by atoms with Crippen molar-refractivity contribution in [1.82, 2.24) is 16.0 Å². The number of halogens is 3. The fraction of sp³-hybridized carbons (Fsp3) is 0.529. The first-order valence-electron chi connectivity index (χ1n) is 8.21. The van der Waals surface area contributed by atoms with Gasteiger partial charge in [-0.1, -0.05) is 13.8 Å². The molecule has 0 spiro atoms. The highest BCUT2D eigenvalue weighted by Crippen LogP contribution is 2.25. The molecule has 7 nitrogen and oxygen atoms in total. The molecule has 1 aromatic rings. The van der Waals surface area contributed by atoms with E-state index < -0.39 is 6.61 Å². The van der Waals surface area contributed by atoms with Crippen molar-refractivity contribution in [1.29, 1.82) is 0 Å². The van der Waals surface area contributed by atoms with Gasteiger partial charge in [-0.05, 0) is 18.2 Å². The molecule has 1 amide bonds. The Morgan fingerprint density at radius 3 is 2.41 bits per heavy atom. The van der Waals surface area contributed by atoms with E-state index in [9.17, 15) is 13.6 Å². The Balaban J connectivity index is 0.00000676. The number of ether oxygens (including phenoxy) is 2. The SMILES string of the molecule is CN=C(NCCNC(=O)C(C)C)NCc1cc(OC)ccc1OC(F)F.I. The van der Waals surface area contributed by atoms with E-state index in [-0.39, 0.29) is 48.1 Å². The van der Waals surface area contributed by atoms with Crippen molar-refractivity contribution in [2.24, 2.45) is 10.9 Å². The molecule has 0 fully saturated rings. The second-order valence-electron chi connectivity index (χ2n) is 5.65. The number of hydrogen-bond acceptors (Lipinski definition) is 4. The van der Waals surface area contributed by atoms with Crippen molar-refractivity contribution in [3.63, 3.8) is 0 Å². The summed E-state index contributed by atoms with van der Waals surface area (Å²) in [6, 6.07) is 4.59. The lowest BCUT2D eigenvalue weighted by Crippen LogP contribution is -2.41. The fourth-order valence-electron chi connectivity index (χ4n) is 2.00. The van der Waals surface area contributed by atoms with Gasteiger partial charge in [-0.15, -0.1) is 24.0 Å². The lowest BCUT2D eigenvalue weighted by molar-refractivity contribution is -0.123. The minimum atomic E-state index is -2.91. The average molecular weight is 500 g/mol. The second-order valence-corrected chi connectivity index (χ2v) is 5.65. The number of rotatable bonds is 9. The number of amides is 1. The molecule has 0 bridgehead atoms. The van der Waals surface area contributed by atoms with E-state index in [1.807, 2.05) is 13.8 Å². The van der Waals surface area contributed by atoms with Crippen molar-refractivity contribution in [2.45, 2.75) is 27.0 Å². The molecule has 0 aliphatic heterocycles. The van der Waals surface area contributed by atoms with Gasteiger partial charge in [0, 0.05) is 38.2 Å². The summed E-state index contributed by atoms with van der Waals surface area (Å²) in [6.45, 7) is 1.83. The van der Waals surface area contributed by atoms with Gasteiger partial charge in [-0.2, -0.15) is 8.78 Å². The van der Waals surface area contributed by atoms with Gasteiger partial charge >= 0.3 is 6.61 Å². The molecule has 0 saturated heterocycles. The van der Waals surface area contributed by atoms with Gasteiger partial charge in [0.15, 0.2) is 5.96 Å². The van der Waals surface area contributed by atoms with Crippen LogP contribution in [0.5, 0.6) is 11.5 Å². The molecule has 154 valence electrons. The molecule has 0 saturated carbocycles. The Morgan fingerprint density at radius 1 is 1.19 bits per heavy atom. The molecule has 0 radical (unpaired) electrons. The zero-order valence-electron chi connectivity index (χ0n) is 15.8. The van der Waals surface area contributed by atoms with Gasteiger partial charge in [0.25, 0.3) is 0 Å². The zero-order chi connectivity index (χ0) is 19.5. The molecule has 10 heteroatoms. The van der Waals surface area contributed by atoms with Gasteiger partial charge in [0.05, 0.1) is 7.11 Å². The van der Waals surface area contributed by atoms with E-state index in [0.29, 0.717) is 30.4 Å². The number of nitrogens with one attached hydrogen (secondary N) is 3. The predicted molar refractivity (Wildman–Crippen MR) is 111 cm³/mol. The van der Waals surface area contributed by atoms with Crippen molar-refractivity contribution in [3.05, 3.63) is 23.8 Å². The van der Waals surface area contributed by atoms with Crippen molar-refractivity contribution < 1.29 is 23.0 Å². The summed E-state index contributed by atoms with van der Waals surface area (Å²) in [5.41, 5.74) is 0.501. The number of aliphatic imine (C=N–C) groups is 1. The van der Waals surface area contributed by atoms with Gasteiger partial charge in [-0.25, -0.2) is 0 Å². The molecule has 0 aliphatic rings. The maximum absolute atomic E-state index is 12.5. The quantitative estimate of drug-likeness (QED) is 0.210. The van der Waals surface area contributed by atoms with Crippen molar-refractivity contribution >= 4 is 35.8 Å². The Labute approximate surface area is 175 Å². The number of methoxy groups -OCH3 is 1. The number of hydrogen-bond donors (Lipinski definition) is 3. The summed E-state index contributed by atoms with van der Waals surface area (Å²) in [4.78, 5) is 15.5. The summed E-state index contributed by atoms with van der Waals surface area (Å²) >= 11 is 0. The topological polar surface area (TPSA) is 84.0 Å². The Morgan fingerprint density at radius 2 is 1.85 bits per heavy atom. The van der Waals surface area contributed by atoms with Crippen LogP contribution in [-0.4, -0.2) is 45.7 Å². The summed E-state index contributed by atoms with van der Waals surface area (Å²) in [5.74, 6) is 0.957. The van der Waals surface area contributed by atoms with Crippen LogP contribution in [0, 0.1) is 5.92 Å². The Bertz CT molecular complexity index is 616. The standard InChI is InChI=1S/C17H26F2N4O3.HI/c1-11(2)15(24)21-7-8-22-17(20-3)23-10-12-9-13(25-4)5-6-14(12)26-16(18)19;/h5-6,9,11,16H,7-8,10H2,1-4H3,(H,21,24)(H2,20,22,23);1H. The summed E-state index contributed by atoms with van der Waals surface area (Å²) < 4.78 is 34.7. The minimum Gasteiger partial charge on any atom is -0.497 e. The zero-order valence-corrected chi connectivity index (χ0v) is 18.2. The molecule has 1 aromatic carbocycles. The molecule has 0 aromatic heterocycles. The highest BCUT2D eigenvalue weighted by atomic mass is 127. The second kappa shape index (κ2) is 13.3. The van der Waals surface area contributed by atoms with E-state index in [4.69, 9.17) is 4.74 Å². The van der Waals surface area contributed by atoms with E-state index >= 15 is 0 Å². The molecule has 0 heterocycles. The number of carbonyl (C=O) groups excluding carboxylic acids is 1. The van der Waals surface area contributed by atoms with Crippen LogP contribution in [0.15, 0.2) is 23.2 Å². The third-order valence-electron chi connectivity index (χ3n) is 3.39. The monoisotopic (exact) mass is 500 g/mol. The molecule has 3 N–H and O–H groups in total. The van der Waals surface area contributed by atoms with Crippen LogP contribution >= 0.6 is 24.0 Å². The fourth-order valence-corrected chi connectivity index (χ4v) is 2.00. The summed E-state index contributed by atoms with van der Waals surface area (Å²) in [5, 5.41) is 8.81. The van der Waals surface area contributed by atoms with E-state index in [1.165, 1.54) is 13.2 Å². The first-order chi connectivity index (χ1) is 12.4. The molecule has 0 unspecified atom stereocenters. The van der Waals surface area contributed by atoms with E-state index in [0.717, 1.165) is 0 Å². The molecule has 27 heavy (non-hydrogen) atoms. The highest BCUT2D eigenvalue weighted by Gasteiger charge is 2.12. The molecule has 0 atom stereocenters. The summed E-state index contributed by atoms with van der Waals surface area (Å²) in [6.07, 6.45) is 0. The van der Waals surface area contributed by atoms with Crippen LogP contribution < -0.4 is 25.4 Å². The lowest BCUT2D eigenvalue weighted by Gasteiger charge is -2.16. The van der Waals surface area contributed by atoms with Gasteiger partial charge < -0.3 is 25.4 Å². The third-order valence-corrected chi connectivity index (χ3v) is 3.39. The first kappa shape index (κ1) is 25.1. The Hall–Kier alpha value is -1.85. The molecule has 1 rings (SSSR count). The van der Waals surface area contributed by atoms with Crippen LogP contribution in [0.2, 0.25) is 0 Å². The number of guanidine groups is 1. The maximum atomic E-state index is 12.5. The first-order valence-corrected chi connectivity index (χ1v) is 8.21. The van der Waals surface area contributed by atoms with Crippen LogP contribution in [0.4, 0.5) is 8.78 Å². The largest absolute Gasteiger partial charge is 0.497 e. The van der Waals surface area contributed by atoms with Crippen LogP contribution in [0.3, 0.4) is 0 Å². The van der Waals surface area contributed by atoms with Gasteiger partial charge in [0.1, 0.15) is 11.5 Å². The lowest BCUT2D eigenvalue weighted by atomic mass is 10.2. The number of carbonyl (C=O) groups is 1. The number of alkyl halides is 2. The van der Waals surface area contributed by atoms with Gasteiger partial charge in [0.2, 0.25) is 5.91 Å². The van der Waals surface area contributed by atoms with Crippen molar-refractivity contribution in [2.75, 3.05) is 27.2 Å². The minimum absolute atomic E-state index is 0. The molecular formula is C17H27F2IN4O3. The van der Waals surface area contributed by atoms with E-state index in [2.05, 4.69) is 25.7 Å². The van der Waals surface area contributed by atoms with E-state index in [1.54, 1.807) is 19.2 Å². The number of benzene rings is 1. The third kappa shape index (κ3) is 9.59. The van der Waals surface area contributed by atoms with Crippen LogP contribution in [-0.2, 0) is 11.3 Å². The molecule has 0 aliphatic carbocycles. The number of nitrogens with zero attached hydrogens (tertiary/aromatic N) is 1. The normalized spacial score (nSPS) is 11.0. The van der Waals surface area contributed by atoms with Gasteiger partial charge in [-0.3, -0.25) is 9.79 Å².